The molecule has 0 spiro atoms. The number of halogens is 2. The van der Waals surface area contributed by atoms with E-state index in [1.807, 2.05) is 6.07 Å². The topological polar surface area (TPSA) is 9.23 Å². The number of alkyl halides is 1. The summed E-state index contributed by atoms with van der Waals surface area (Å²) < 4.78 is 6.64. The molecule has 1 atom stereocenters. The van der Waals surface area contributed by atoms with Crippen LogP contribution in [0.25, 0.3) is 0 Å². The van der Waals surface area contributed by atoms with Crippen molar-refractivity contribution in [1.29, 1.82) is 0 Å². The summed E-state index contributed by atoms with van der Waals surface area (Å²) in [6.07, 6.45) is 3.14. The van der Waals surface area contributed by atoms with Gasteiger partial charge in [0.05, 0.1) is 0 Å². The molecule has 3 heteroatoms. The van der Waals surface area contributed by atoms with Gasteiger partial charge in [-0.3, -0.25) is 0 Å². The summed E-state index contributed by atoms with van der Waals surface area (Å²) in [4.78, 5) is 0. The summed E-state index contributed by atoms with van der Waals surface area (Å²) in [5, 5.41) is 0. The average molecular weight is 320 g/mol. The molecule has 1 aromatic rings. The third-order valence-electron chi connectivity index (χ3n) is 2.65. The van der Waals surface area contributed by atoms with Gasteiger partial charge in [-0.25, -0.2) is 0 Å². The zero-order valence-electron chi connectivity index (χ0n) is 10.3. The van der Waals surface area contributed by atoms with Gasteiger partial charge >= 0.3 is 0 Å². The summed E-state index contributed by atoms with van der Waals surface area (Å²) in [6, 6.07) is 8.42. The van der Waals surface area contributed by atoms with Gasteiger partial charge in [0.1, 0.15) is 0 Å². The molecule has 1 aromatic carbocycles. The third kappa shape index (κ3) is 6.44. The number of rotatable bonds is 8. The van der Waals surface area contributed by atoms with Crippen LogP contribution in [-0.4, -0.2) is 19.1 Å². The Labute approximate surface area is 118 Å². The Morgan fingerprint density at radius 1 is 1.35 bits per heavy atom. The molecule has 1 nitrogen and oxygen atoms in total. The van der Waals surface area contributed by atoms with E-state index in [0.29, 0.717) is 11.8 Å². The summed E-state index contributed by atoms with van der Waals surface area (Å²) in [5.74, 6) is 1.20. The fourth-order valence-corrected chi connectivity index (χ4v) is 2.44. The number of benzene rings is 1. The van der Waals surface area contributed by atoms with Gasteiger partial charge in [0.15, 0.2) is 0 Å². The second-order valence-corrected chi connectivity index (χ2v) is 5.48. The first-order chi connectivity index (χ1) is 8.26. The fraction of sp³-hybridized carbons (Fsp3) is 0.571. The van der Waals surface area contributed by atoms with Crippen molar-refractivity contribution >= 4 is 27.5 Å². The van der Waals surface area contributed by atoms with Crippen molar-refractivity contribution in [3.8, 4) is 0 Å². The highest BCUT2D eigenvalue weighted by Gasteiger charge is 2.08. The first-order valence-corrected chi connectivity index (χ1v) is 7.47. The van der Waals surface area contributed by atoms with E-state index >= 15 is 0 Å². The van der Waals surface area contributed by atoms with Crippen LogP contribution in [0.1, 0.15) is 25.3 Å². The zero-order valence-corrected chi connectivity index (χ0v) is 12.6. The minimum atomic E-state index is 0.503. The van der Waals surface area contributed by atoms with Crippen LogP contribution in [0.4, 0.5) is 0 Å². The highest BCUT2D eigenvalue weighted by atomic mass is 79.9. The normalized spacial score (nSPS) is 12.6. The molecule has 0 radical (unpaired) electrons. The fourth-order valence-electron chi connectivity index (χ4n) is 1.73. The van der Waals surface area contributed by atoms with Gasteiger partial charge in [-0.15, -0.1) is 11.6 Å². The molecule has 0 aliphatic heterocycles. The minimum Gasteiger partial charge on any atom is -0.381 e. The predicted octanol–water partition coefficient (Wildman–Crippen LogP) is 4.66. The largest absolute Gasteiger partial charge is 0.381 e. The van der Waals surface area contributed by atoms with Crippen LogP contribution in [-0.2, 0) is 11.2 Å². The third-order valence-corrected chi connectivity index (χ3v) is 3.58. The van der Waals surface area contributed by atoms with E-state index in [4.69, 9.17) is 16.3 Å². The van der Waals surface area contributed by atoms with Crippen molar-refractivity contribution in [2.75, 3.05) is 19.1 Å². The van der Waals surface area contributed by atoms with E-state index in [0.717, 1.165) is 36.9 Å². The standard InChI is InChI=1S/C14H20BrClO/c1-2-7-17-8-6-13(11-16)9-12-4-3-5-14(15)10-12/h3-5,10,13H,2,6-9,11H2,1H3. The molecule has 0 N–H and O–H groups in total. The Morgan fingerprint density at radius 2 is 2.18 bits per heavy atom. The van der Waals surface area contributed by atoms with Crippen LogP contribution < -0.4 is 0 Å². The van der Waals surface area contributed by atoms with Crippen LogP contribution >= 0.6 is 27.5 Å². The zero-order chi connectivity index (χ0) is 12.5. The molecule has 0 aromatic heterocycles. The van der Waals surface area contributed by atoms with Crippen molar-refractivity contribution in [3.05, 3.63) is 34.3 Å². The Balaban J connectivity index is 2.35. The maximum atomic E-state index is 6.00. The quantitative estimate of drug-likeness (QED) is 0.500. The summed E-state index contributed by atoms with van der Waals surface area (Å²) in [6.45, 7) is 3.80. The van der Waals surface area contributed by atoms with Gasteiger partial charge in [0.25, 0.3) is 0 Å². The molecule has 0 bridgehead atoms. The molecule has 0 amide bonds. The van der Waals surface area contributed by atoms with Crippen molar-refractivity contribution in [2.24, 2.45) is 5.92 Å². The lowest BCUT2D eigenvalue weighted by atomic mass is 9.98. The lowest BCUT2D eigenvalue weighted by Crippen LogP contribution is -2.10. The summed E-state index contributed by atoms with van der Waals surface area (Å²) in [5.41, 5.74) is 1.33. The number of hydrogen-bond donors (Lipinski definition) is 0. The van der Waals surface area contributed by atoms with Crippen molar-refractivity contribution in [3.63, 3.8) is 0 Å². The second kappa shape index (κ2) is 8.96. The molecule has 96 valence electrons. The van der Waals surface area contributed by atoms with Gasteiger partial charge in [0.2, 0.25) is 0 Å². The predicted molar refractivity (Wildman–Crippen MR) is 77.8 cm³/mol. The van der Waals surface area contributed by atoms with E-state index in [2.05, 4.69) is 41.1 Å². The molecule has 0 heterocycles. The molecule has 0 aliphatic carbocycles. The first-order valence-electron chi connectivity index (χ1n) is 6.14. The van der Waals surface area contributed by atoms with Crippen LogP contribution in [0.5, 0.6) is 0 Å². The van der Waals surface area contributed by atoms with Gasteiger partial charge in [-0.2, -0.15) is 0 Å². The van der Waals surface area contributed by atoms with E-state index < -0.39 is 0 Å². The summed E-state index contributed by atoms with van der Waals surface area (Å²) in [7, 11) is 0. The van der Waals surface area contributed by atoms with Crippen LogP contribution in [0.2, 0.25) is 0 Å². The lowest BCUT2D eigenvalue weighted by Gasteiger charge is -2.14. The average Bonchev–Trinajstić information content (AvgIpc) is 2.33. The van der Waals surface area contributed by atoms with Crippen LogP contribution in [0.15, 0.2) is 28.7 Å². The van der Waals surface area contributed by atoms with E-state index in [-0.39, 0.29) is 0 Å². The number of hydrogen-bond acceptors (Lipinski definition) is 1. The van der Waals surface area contributed by atoms with Crippen molar-refractivity contribution in [1.82, 2.24) is 0 Å². The Hall–Kier alpha value is -0.0500. The Bertz CT molecular complexity index is 317. The second-order valence-electron chi connectivity index (χ2n) is 4.26. The molecular weight excluding hydrogens is 300 g/mol. The molecule has 0 saturated carbocycles. The van der Waals surface area contributed by atoms with Gasteiger partial charge in [-0.05, 0) is 42.9 Å². The maximum Gasteiger partial charge on any atom is 0.0469 e. The van der Waals surface area contributed by atoms with Crippen molar-refractivity contribution in [2.45, 2.75) is 26.2 Å². The number of ether oxygens (including phenoxy) is 1. The van der Waals surface area contributed by atoms with Gasteiger partial charge in [-0.1, -0.05) is 35.0 Å². The van der Waals surface area contributed by atoms with Gasteiger partial charge < -0.3 is 4.74 Å². The first kappa shape index (κ1) is 15.0. The molecule has 17 heavy (non-hydrogen) atoms. The SMILES string of the molecule is CCCOCCC(CCl)Cc1cccc(Br)c1. The molecule has 0 saturated heterocycles. The van der Waals surface area contributed by atoms with Gasteiger partial charge in [0, 0.05) is 23.6 Å². The maximum absolute atomic E-state index is 6.00. The Kier molecular flexibility index (Phi) is 7.91. The minimum absolute atomic E-state index is 0.503. The molecule has 1 rings (SSSR count). The Morgan fingerprint density at radius 3 is 2.82 bits per heavy atom. The van der Waals surface area contributed by atoms with Crippen LogP contribution in [0.3, 0.4) is 0 Å². The lowest BCUT2D eigenvalue weighted by molar-refractivity contribution is 0.122. The monoisotopic (exact) mass is 318 g/mol. The van der Waals surface area contributed by atoms with E-state index in [1.165, 1.54) is 5.56 Å². The highest BCUT2D eigenvalue weighted by Crippen LogP contribution is 2.18. The molecule has 1 unspecified atom stereocenters. The molecular formula is C14H20BrClO. The smallest absolute Gasteiger partial charge is 0.0469 e. The van der Waals surface area contributed by atoms with Crippen LogP contribution in [0, 0.1) is 5.92 Å². The molecule has 0 fully saturated rings. The summed E-state index contributed by atoms with van der Waals surface area (Å²) >= 11 is 9.49. The van der Waals surface area contributed by atoms with E-state index in [1.54, 1.807) is 0 Å². The highest BCUT2D eigenvalue weighted by molar-refractivity contribution is 9.10. The van der Waals surface area contributed by atoms with Crippen molar-refractivity contribution < 1.29 is 4.74 Å². The van der Waals surface area contributed by atoms with E-state index in [9.17, 15) is 0 Å². The molecule has 0 aliphatic rings.